The Kier molecular flexibility index (Phi) is 5.76. The summed E-state index contributed by atoms with van der Waals surface area (Å²) in [6, 6.07) is 11.3. The number of rotatable bonds is 6. The summed E-state index contributed by atoms with van der Waals surface area (Å²) in [5.74, 6) is -0.185. The molecule has 0 bridgehead atoms. The summed E-state index contributed by atoms with van der Waals surface area (Å²) in [7, 11) is 0. The van der Waals surface area contributed by atoms with Gasteiger partial charge in [-0.15, -0.1) is 0 Å². The van der Waals surface area contributed by atoms with Gasteiger partial charge in [0.05, 0.1) is 17.1 Å². The summed E-state index contributed by atoms with van der Waals surface area (Å²) >= 11 is 0. The molecule has 3 rings (SSSR count). The van der Waals surface area contributed by atoms with E-state index in [1.165, 1.54) is 18.4 Å². The van der Waals surface area contributed by atoms with E-state index in [1.54, 1.807) is 12.1 Å². The Labute approximate surface area is 154 Å². The highest BCUT2D eigenvalue weighted by Gasteiger charge is 2.19. The predicted molar refractivity (Wildman–Crippen MR) is 105 cm³/mol. The van der Waals surface area contributed by atoms with Crippen LogP contribution in [0, 0.1) is 18.7 Å². The first-order chi connectivity index (χ1) is 12.5. The van der Waals surface area contributed by atoms with Crippen molar-refractivity contribution in [3.05, 3.63) is 53.3 Å². The zero-order valence-corrected chi connectivity index (χ0v) is 15.1. The first kappa shape index (κ1) is 18.2. The molecule has 0 spiro atoms. The Hall–Kier alpha value is -2.56. The van der Waals surface area contributed by atoms with Crippen molar-refractivity contribution < 1.29 is 9.18 Å². The Morgan fingerprint density at radius 1 is 1.12 bits per heavy atom. The van der Waals surface area contributed by atoms with Crippen LogP contribution >= 0.6 is 0 Å². The molecule has 1 aliphatic carbocycles. The fourth-order valence-electron chi connectivity index (χ4n) is 3.42. The van der Waals surface area contributed by atoms with Crippen LogP contribution in [-0.2, 0) is 11.3 Å². The zero-order valence-electron chi connectivity index (χ0n) is 15.1. The lowest BCUT2D eigenvalue weighted by Crippen LogP contribution is -2.16. The topological polar surface area (TPSA) is 67.1 Å². The Bertz CT molecular complexity index is 768. The van der Waals surface area contributed by atoms with Gasteiger partial charge < -0.3 is 16.4 Å². The largest absolute Gasteiger partial charge is 0.395 e. The number of halogens is 1. The van der Waals surface area contributed by atoms with Crippen LogP contribution < -0.4 is 16.4 Å². The summed E-state index contributed by atoms with van der Waals surface area (Å²) in [6.07, 6.45) is 5.05. The average Bonchev–Trinajstić information content (AvgIpc) is 3.12. The van der Waals surface area contributed by atoms with Crippen LogP contribution in [0.1, 0.15) is 43.2 Å². The summed E-state index contributed by atoms with van der Waals surface area (Å²) < 4.78 is 14.5. The molecule has 0 aliphatic heterocycles. The highest BCUT2D eigenvalue weighted by Crippen LogP contribution is 2.31. The maximum absolute atomic E-state index is 14.5. The zero-order chi connectivity index (χ0) is 18.5. The lowest BCUT2D eigenvalue weighted by atomic mass is 10.0. The maximum Gasteiger partial charge on any atom is 0.224 e. The Morgan fingerprint density at radius 2 is 1.77 bits per heavy atom. The van der Waals surface area contributed by atoms with Crippen LogP contribution in [0.4, 0.5) is 21.5 Å². The van der Waals surface area contributed by atoms with Gasteiger partial charge in [0, 0.05) is 13.0 Å². The molecule has 1 amide bonds. The minimum absolute atomic E-state index is 0.0290. The van der Waals surface area contributed by atoms with E-state index in [0.29, 0.717) is 30.3 Å². The molecule has 0 radical (unpaired) electrons. The summed E-state index contributed by atoms with van der Waals surface area (Å²) in [4.78, 5) is 12.2. The number of nitrogen functional groups attached to an aromatic ring is 1. The molecule has 0 unspecified atom stereocenters. The van der Waals surface area contributed by atoms with Gasteiger partial charge in [-0.3, -0.25) is 4.79 Å². The molecule has 2 aromatic carbocycles. The van der Waals surface area contributed by atoms with Crippen molar-refractivity contribution in [3.63, 3.8) is 0 Å². The smallest absolute Gasteiger partial charge is 0.224 e. The highest BCUT2D eigenvalue weighted by molar-refractivity contribution is 5.94. The number of carbonyl (C=O) groups excluding carboxylic acids is 1. The number of benzene rings is 2. The minimum atomic E-state index is -0.532. The van der Waals surface area contributed by atoms with Gasteiger partial charge in [0.2, 0.25) is 5.91 Å². The molecule has 0 atom stereocenters. The molecular formula is C21H26FN3O. The third-order valence-electron chi connectivity index (χ3n) is 5.01. The van der Waals surface area contributed by atoms with Crippen molar-refractivity contribution in [2.24, 2.45) is 5.92 Å². The summed E-state index contributed by atoms with van der Waals surface area (Å²) in [5, 5.41) is 5.81. The van der Waals surface area contributed by atoms with Crippen molar-refractivity contribution >= 4 is 23.0 Å². The third-order valence-corrected chi connectivity index (χ3v) is 5.01. The fourth-order valence-corrected chi connectivity index (χ4v) is 3.42. The van der Waals surface area contributed by atoms with E-state index in [1.807, 2.05) is 31.2 Å². The number of amides is 1. The van der Waals surface area contributed by atoms with Crippen LogP contribution in [0.2, 0.25) is 0 Å². The molecule has 138 valence electrons. The number of nitrogens with one attached hydrogen (secondary N) is 2. The van der Waals surface area contributed by atoms with Crippen molar-refractivity contribution in [1.29, 1.82) is 0 Å². The summed E-state index contributed by atoms with van der Waals surface area (Å²) in [6.45, 7) is 2.53. The molecule has 5 heteroatoms. The molecule has 4 N–H and O–H groups in total. The summed E-state index contributed by atoms with van der Waals surface area (Å²) in [5.41, 5.74) is 8.78. The molecule has 0 heterocycles. The molecule has 2 aromatic rings. The minimum Gasteiger partial charge on any atom is -0.395 e. The van der Waals surface area contributed by atoms with E-state index in [-0.39, 0.29) is 11.6 Å². The molecule has 1 fully saturated rings. The van der Waals surface area contributed by atoms with Gasteiger partial charge in [-0.25, -0.2) is 4.39 Å². The van der Waals surface area contributed by atoms with Crippen molar-refractivity contribution in [2.75, 3.05) is 16.4 Å². The monoisotopic (exact) mass is 355 g/mol. The molecule has 4 nitrogen and oxygen atoms in total. The number of hydrogen-bond donors (Lipinski definition) is 3. The third kappa shape index (κ3) is 4.54. The quantitative estimate of drug-likeness (QED) is 0.649. The van der Waals surface area contributed by atoms with Crippen LogP contribution in [0.25, 0.3) is 0 Å². The van der Waals surface area contributed by atoms with E-state index in [0.717, 1.165) is 18.4 Å². The van der Waals surface area contributed by atoms with Gasteiger partial charge in [-0.1, -0.05) is 42.7 Å². The second kappa shape index (κ2) is 8.21. The van der Waals surface area contributed by atoms with Gasteiger partial charge in [0.25, 0.3) is 0 Å². The van der Waals surface area contributed by atoms with Gasteiger partial charge in [0.1, 0.15) is 0 Å². The molecule has 1 saturated carbocycles. The van der Waals surface area contributed by atoms with E-state index >= 15 is 0 Å². The molecule has 0 saturated heterocycles. The fraction of sp³-hybridized carbons (Fsp3) is 0.381. The first-order valence-electron chi connectivity index (χ1n) is 9.20. The maximum atomic E-state index is 14.5. The number of carbonyl (C=O) groups is 1. The molecule has 26 heavy (non-hydrogen) atoms. The van der Waals surface area contributed by atoms with Gasteiger partial charge >= 0.3 is 0 Å². The lowest BCUT2D eigenvalue weighted by Gasteiger charge is -2.14. The van der Waals surface area contributed by atoms with Crippen molar-refractivity contribution in [3.8, 4) is 0 Å². The number of hydrogen-bond acceptors (Lipinski definition) is 3. The van der Waals surface area contributed by atoms with Crippen LogP contribution in [0.3, 0.4) is 0 Å². The standard InChI is InChI=1S/C21H26FN3O/c1-14-6-8-16(9-7-14)13-24-17-10-11-18(21(23)20(17)22)25-19(26)12-15-4-2-3-5-15/h6-11,15,24H,2-5,12-13,23H2,1H3,(H,25,26). The Morgan fingerprint density at radius 3 is 2.46 bits per heavy atom. The predicted octanol–water partition coefficient (Wildman–Crippen LogP) is 4.85. The molecular weight excluding hydrogens is 329 g/mol. The lowest BCUT2D eigenvalue weighted by molar-refractivity contribution is -0.117. The number of anilines is 3. The van der Waals surface area contributed by atoms with Crippen LogP contribution in [0.15, 0.2) is 36.4 Å². The normalized spacial score (nSPS) is 14.4. The van der Waals surface area contributed by atoms with Crippen molar-refractivity contribution in [2.45, 2.75) is 45.6 Å². The SMILES string of the molecule is Cc1ccc(CNc2ccc(NC(=O)CC3CCCC3)c(N)c2F)cc1. The Balaban J connectivity index is 1.61. The van der Waals surface area contributed by atoms with E-state index in [2.05, 4.69) is 10.6 Å². The van der Waals surface area contributed by atoms with Gasteiger partial charge in [0.15, 0.2) is 5.82 Å². The van der Waals surface area contributed by atoms with Gasteiger partial charge in [-0.2, -0.15) is 0 Å². The van der Waals surface area contributed by atoms with Crippen molar-refractivity contribution in [1.82, 2.24) is 0 Å². The van der Waals surface area contributed by atoms with E-state index in [4.69, 9.17) is 5.73 Å². The number of nitrogens with two attached hydrogens (primary N) is 1. The highest BCUT2D eigenvalue weighted by atomic mass is 19.1. The molecule has 1 aliphatic rings. The first-order valence-corrected chi connectivity index (χ1v) is 9.20. The number of aryl methyl sites for hydroxylation is 1. The van der Waals surface area contributed by atoms with E-state index < -0.39 is 5.82 Å². The van der Waals surface area contributed by atoms with Gasteiger partial charge in [-0.05, 0) is 43.4 Å². The molecule has 0 aromatic heterocycles. The second-order valence-corrected chi connectivity index (χ2v) is 7.13. The second-order valence-electron chi connectivity index (χ2n) is 7.13. The van der Waals surface area contributed by atoms with Crippen LogP contribution in [0.5, 0.6) is 0 Å². The van der Waals surface area contributed by atoms with E-state index in [9.17, 15) is 9.18 Å². The average molecular weight is 355 g/mol. The van der Waals surface area contributed by atoms with Crippen LogP contribution in [-0.4, -0.2) is 5.91 Å².